The van der Waals surface area contributed by atoms with Crippen LogP contribution in [-0.4, -0.2) is 174 Å². The Balaban J connectivity index is 1.73. The molecule has 1 aromatic rings. The van der Waals surface area contributed by atoms with Crippen LogP contribution >= 0.6 is 12.6 Å². The van der Waals surface area contributed by atoms with Crippen LogP contribution in [0.1, 0.15) is 71.4 Å². The highest BCUT2D eigenvalue weighted by Crippen LogP contribution is 2.22. The van der Waals surface area contributed by atoms with Gasteiger partial charge in [-0.05, 0) is 51.4 Å². The first-order valence-electron chi connectivity index (χ1n) is 20.8. The molecule has 0 bridgehead atoms. The predicted octanol–water partition coefficient (Wildman–Crippen LogP) is -4.74. The summed E-state index contributed by atoms with van der Waals surface area (Å²) < 4.78 is 0. The topological polar surface area (TPSA) is 400 Å². The average Bonchev–Trinajstić information content (AvgIpc) is 4.04. The molecule has 1 aromatic heterocycles. The predicted molar refractivity (Wildman–Crippen MR) is 230 cm³/mol. The van der Waals surface area contributed by atoms with E-state index in [4.69, 9.17) is 17.2 Å². The molecule has 0 unspecified atom stereocenters. The van der Waals surface area contributed by atoms with E-state index in [2.05, 4.69) is 54.2 Å². The fourth-order valence-corrected chi connectivity index (χ4v) is 7.43. The summed E-state index contributed by atoms with van der Waals surface area (Å²) in [6.07, 6.45) is 1.42. The van der Waals surface area contributed by atoms with Crippen molar-refractivity contribution in [3.05, 3.63) is 18.2 Å². The van der Waals surface area contributed by atoms with Crippen LogP contribution < -0.4 is 43.8 Å². The summed E-state index contributed by atoms with van der Waals surface area (Å²) in [7, 11) is 0. The fraction of sp³-hybridized carbons (Fsp3) is 0.658. The molecule has 2 saturated heterocycles. The van der Waals surface area contributed by atoms with Gasteiger partial charge in [-0.25, -0.2) is 9.78 Å². The van der Waals surface area contributed by atoms with E-state index in [0.717, 1.165) is 4.90 Å². The molecule has 0 saturated carbocycles. The number of carbonyl (C=O) groups is 9. The zero-order valence-electron chi connectivity index (χ0n) is 35.9. The van der Waals surface area contributed by atoms with Crippen molar-refractivity contribution >= 4 is 71.9 Å². The maximum atomic E-state index is 14.0. The van der Waals surface area contributed by atoms with E-state index in [-0.39, 0.29) is 69.9 Å². The number of thiol groups is 1. The molecule has 26 heteroatoms. The van der Waals surface area contributed by atoms with Crippen molar-refractivity contribution in [2.24, 2.45) is 28.1 Å². The molecule has 2 aliphatic heterocycles. The number of aromatic amines is 1. The van der Waals surface area contributed by atoms with Crippen molar-refractivity contribution in [3.8, 4) is 0 Å². The highest BCUT2D eigenvalue weighted by molar-refractivity contribution is 7.80. The smallest absolute Gasteiger partial charge is 0.326 e. The minimum absolute atomic E-state index is 0.00906. The highest BCUT2D eigenvalue weighted by Gasteiger charge is 2.43. The van der Waals surface area contributed by atoms with Crippen molar-refractivity contribution in [1.29, 1.82) is 0 Å². The minimum Gasteiger partial charge on any atom is -0.481 e. The van der Waals surface area contributed by atoms with Crippen LogP contribution in [0.4, 0.5) is 0 Å². The first-order chi connectivity index (χ1) is 30.2. The first kappa shape index (κ1) is 52.3. The SMILES string of the molecule is CC(C)[C@H](NC(=O)[C@@H]1CCCN1C(=O)[C@H](Cc1cnc[nH]1)NC(=O)[C@@H](N)CS)C(=O)N[C@H](C(=O)N1CCC[C@H]1C(=O)N[C@@H](CC(=O)O)C(=O)N[C@@H](CCCN=C(N)N)C(=O)O)[C@@H](C)O. The number of aliphatic hydroxyl groups is 1. The van der Waals surface area contributed by atoms with E-state index < -0.39 is 120 Å². The number of nitrogens with zero attached hydrogens (tertiary/aromatic N) is 4. The number of amides is 7. The maximum absolute atomic E-state index is 14.0. The summed E-state index contributed by atoms with van der Waals surface area (Å²) in [4.78, 5) is 132. The van der Waals surface area contributed by atoms with Crippen LogP contribution in [0.25, 0.3) is 0 Å². The lowest BCUT2D eigenvalue weighted by Crippen LogP contribution is -2.62. The summed E-state index contributed by atoms with van der Waals surface area (Å²) in [5, 5.41) is 42.2. The van der Waals surface area contributed by atoms with Crippen LogP contribution in [0.3, 0.4) is 0 Å². The number of H-pyrrole nitrogens is 1. The van der Waals surface area contributed by atoms with E-state index >= 15 is 0 Å². The second-order valence-electron chi connectivity index (χ2n) is 16.0. The lowest BCUT2D eigenvalue weighted by Gasteiger charge is -2.33. The Labute approximate surface area is 374 Å². The van der Waals surface area contributed by atoms with Crippen molar-refractivity contribution in [2.45, 2.75) is 127 Å². The van der Waals surface area contributed by atoms with Gasteiger partial charge in [0.25, 0.3) is 0 Å². The Kier molecular flexibility index (Phi) is 20.2. The number of imidazole rings is 1. The Morgan fingerprint density at radius 3 is 1.94 bits per heavy atom. The molecular formula is C38H61N13O12S. The van der Waals surface area contributed by atoms with Gasteiger partial charge in [-0.15, -0.1) is 0 Å². The molecule has 15 N–H and O–H groups in total. The van der Waals surface area contributed by atoms with Crippen molar-refractivity contribution in [1.82, 2.24) is 46.4 Å². The van der Waals surface area contributed by atoms with Gasteiger partial charge in [-0.2, -0.15) is 12.6 Å². The minimum atomic E-state index is -1.76. The molecule has 25 nitrogen and oxygen atoms in total. The summed E-state index contributed by atoms with van der Waals surface area (Å²) >= 11 is 4.06. The molecule has 0 aliphatic carbocycles. The molecule has 9 atom stereocenters. The molecule has 2 fully saturated rings. The molecule has 64 heavy (non-hydrogen) atoms. The van der Waals surface area contributed by atoms with E-state index in [1.54, 1.807) is 13.8 Å². The number of aliphatic hydroxyl groups excluding tert-OH is 1. The third kappa shape index (κ3) is 15.1. The molecule has 2 aliphatic rings. The van der Waals surface area contributed by atoms with E-state index in [1.807, 2.05) is 0 Å². The van der Waals surface area contributed by atoms with Gasteiger partial charge in [0.05, 0.1) is 24.9 Å². The zero-order chi connectivity index (χ0) is 47.8. The van der Waals surface area contributed by atoms with Crippen molar-refractivity contribution in [2.75, 3.05) is 25.4 Å². The Hall–Kier alpha value is -6.02. The van der Waals surface area contributed by atoms with Gasteiger partial charge in [0.1, 0.15) is 42.3 Å². The number of aromatic nitrogens is 2. The van der Waals surface area contributed by atoms with Crippen molar-refractivity contribution in [3.63, 3.8) is 0 Å². The van der Waals surface area contributed by atoms with Crippen LogP contribution in [-0.2, 0) is 49.6 Å². The third-order valence-electron chi connectivity index (χ3n) is 10.7. The van der Waals surface area contributed by atoms with Crippen LogP contribution in [0.15, 0.2) is 17.5 Å². The van der Waals surface area contributed by atoms with E-state index in [9.17, 15) is 58.5 Å². The van der Waals surface area contributed by atoms with Gasteiger partial charge in [0.15, 0.2) is 5.96 Å². The number of guanidine groups is 1. The van der Waals surface area contributed by atoms with Gasteiger partial charge in [0.2, 0.25) is 41.4 Å². The lowest BCUT2D eigenvalue weighted by molar-refractivity contribution is -0.146. The van der Waals surface area contributed by atoms with E-state index in [0.29, 0.717) is 12.1 Å². The molecule has 0 aromatic carbocycles. The number of rotatable bonds is 24. The van der Waals surface area contributed by atoms with Gasteiger partial charge in [-0.3, -0.25) is 43.3 Å². The maximum Gasteiger partial charge on any atom is 0.326 e. The van der Waals surface area contributed by atoms with Gasteiger partial charge < -0.3 is 73.9 Å². The number of likely N-dealkylation sites (tertiary alicyclic amines) is 2. The van der Waals surface area contributed by atoms with Gasteiger partial charge >= 0.3 is 11.9 Å². The van der Waals surface area contributed by atoms with Gasteiger partial charge in [0, 0.05) is 43.7 Å². The number of nitrogens with one attached hydrogen (secondary N) is 6. The molecule has 3 rings (SSSR count). The monoisotopic (exact) mass is 923 g/mol. The zero-order valence-corrected chi connectivity index (χ0v) is 36.8. The van der Waals surface area contributed by atoms with Crippen molar-refractivity contribution < 1.29 is 58.5 Å². The number of carboxylic acid groups (broad SMARTS) is 2. The first-order valence-corrected chi connectivity index (χ1v) is 21.4. The number of carbonyl (C=O) groups excluding carboxylic acids is 7. The summed E-state index contributed by atoms with van der Waals surface area (Å²) in [6, 6.07) is -10.6. The second-order valence-corrected chi connectivity index (χ2v) is 16.3. The third-order valence-corrected chi connectivity index (χ3v) is 11.1. The molecule has 0 spiro atoms. The second kappa shape index (κ2) is 24.7. The fourth-order valence-electron chi connectivity index (χ4n) is 7.26. The number of aliphatic imine (C=N–C) groups is 1. The Morgan fingerprint density at radius 2 is 1.42 bits per heavy atom. The highest BCUT2D eigenvalue weighted by atomic mass is 32.1. The molecular weight excluding hydrogens is 863 g/mol. The summed E-state index contributed by atoms with van der Waals surface area (Å²) in [5.74, 6) is -9.43. The van der Waals surface area contributed by atoms with Crippen LogP contribution in [0, 0.1) is 5.92 Å². The molecule has 356 valence electrons. The number of nitrogens with two attached hydrogens (primary N) is 3. The normalized spacial score (nSPS) is 19.2. The number of hydrogen-bond acceptors (Lipinski definition) is 14. The largest absolute Gasteiger partial charge is 0.481 e. The molecule has 3 heterocycles. The summed E-state index contributed by atoms with van der Waals surface area (Å²) in [6.45, 7) is 4.66. The number of hydrogen-bond donors (Lipinski definition) is 13. The Bertz CT molecular complexity index is 1860. The molecule has 7 amide bonds. The Morgan fingerprint density at radius 1 is 0.828 bits per heavy atom. The average molecular weight is 924 g/mol. The van der Waals surface area contributed by atoms with E-state index in [1.165, 1.54) is 24.3 Å². The quantitative estimate of drug-likeness (QED) is 0.0200. The standard InChI is InChI=1S/C38H61N13O12S/c1-18(2)28(48-33(58)26-9-5-11-50(26)35(60)24(13-20-15-42-17-44-20)47-30(55)21(39)16-64)34(59)49-29(19(3)52)36(61)51-12-6-8-25(51)32(57)46-23(14-27(53)54)31(56)45-22(37(62)63)7-4-10-43-38(40)41/h15,17-19,21-26,28-29,52,64H,4-14,16,39H2,1-3H3,(H,42,44)(H,45,56)(H,46,57)(H,47,55)(H,48,58)(H,49,59)(H,53,54)(H,62,63)(H4,40,41,43)/t19-,21+,22+,23+,24+,25+,26+,28+,29+/m1/s1. The van der Waals surface area contributed by atoms with Gasteiger partial charge in [-0.1, -0.05) is 13.8 Å². The summed E-state index contributed by atoms with van der Waals surface area (Å²) in [5.41, 5.74) is 16.9. The lowest BCUT2D eigenvalue weighted by atomic mass is 10.0. The van der Waals surface area contributed by atoms with Crippen LogP contribution in [0.5, 0.6) is 0 Å². The number of aliphatic carboxylic acids is 2. The molecule has 0 radical (unpaired) electrons. The number of carboxylic acids is 2. The van der Waals surface area contributed by atoms with Crippen LogP contribution in [0.2, 0.25) is 0 Å².